The number of hydrogen-bond acceptors (Lipinski definition) is 7. The van der Waals surface area contributed by atoms with Gasteiger partial charge in [-0.25, -0.2) is 14.3 Å². The van der Waals surface area contributed by atoms with Gasteiger partial charge in [0, 0.05) is 24.3 Å². The van der Waals surface area contributed by atoms with E-state index in [2.05, 4.69) is 4.98 Å². The molecule has 4 rings (SSSR count). The molecule has 0 radical (unpaired) electrons. The Labute approximate surface area is 174 Å². The number of rotatable bonds is 4. The van der Waals surface area contributed by atoms with Crippen molar-refractivity contribution in [3.63, 3.8) is 0 Å². The van der Waals surface area contributed by atoms with Crippen molar-refractivity contribution in [1.82, 2.24) is 9.55 Å². The van der Waals surface area contributed by atoms with Crippen LogP contribution >= 0.6 is 0 Å². The summed E-state index contributed by atoms with van der Waals surface area (Å²) in [6.45, 7) is 0. The Hall–Kier alpha value is -4.60. The number of carbonyl (C=O) groups is 1. The van der Waals surface area contributed by atoms with Crippen LogP contribution in [0.15, 0.2) is 67.0 Å². The fourth-order valence-corrected chi connectivity index (χ4v) is 3.30. The van der Waals surface area contributed by atoms with E-state index in [9.17, 15) is 25.0 Å². The van der Waals surface area contributed by atoms with E-state index in [1.54, 1.807) is 36.4 Å². The highest BCUT2D eigenvalue weighted by atomic mass is 16.6. The van der Waals surface area contributed by atoms with Gasteiger partial charge in [0.15, 0.2) is 0 Å². The first-order valence-electron chi connectivity index (χ1n) is 8.98. The van der Waals surface area contributed by atoms with E-state index in [1.165, 1.54) is 42.3 Å². The molecule has 0 unspecified atom stereocenters. The van der Waals surface area contributed by atoms with Crippen molar-refractivity contribution >= 4 is 28.5 Å². The second kappa shape index (κ2) is 7.67. The van der Waals surface area contributed by atoms with Crippen LogP contribution in [0.2, 0.25) is 0 Å². The molecule has 0 bridgehead atoms. The predicted octanol–water partition coefficient (Wildman–Crippen LogP) is 4.80. The van der Waals surface area contributed by atoms with E-state index in [0.29, 0.717) is 33.3 Å². The number of carbonyl (C=O) groups excluding carboxylic acids is 1. The molecule has 4 aromatic rings. The summed E-state index contributed by atoms with van der Waals surface area (Å²) < 4.78 is 6.04. The lowest BCUT2D eigenvalue weighted by atomic mass is 9.93. The lowest BCUT2D eigenvalue weighted by molar-refractivity contribution is -0.385. The molecule has 0 aliphatic rings. The van der Waals surface area contributed by atoms with E-state index in [0.717, 1.165) is 0 Å². The number of fused-ring (bicyclic) bond motifs is 1. The molecule has 0 spiro atoms. The maximum Gasteiger partial charge on any atom is 0.419 e. The smallest absolute Gasteiger partial charge is 0.419 e. The molecule has 0 saturated heterocycles. The number of hydrogen-bond donors (Lipinski definition) is 0. The zero-order chi connectivity index (χ0) is 22.1. The monoisotopic (exact) mass is 418 g/mol. The van der Waals surface area contributed by atoms with Crippen molar-refractivity contribution in [1.29, 1.82) is 0 Å². The van der Waals surface area contributed by atoms with Crippen LogP contribution < -0.4 is 0 Å². The molecule has 31 heavy (non-hydrogen) atoms. The third-order valence-corrected chi connectivity index (χ3v) is 4.84. The molecule has 1 aromatic heterocycles. The second-order valence-corrected chi connectivity index (χ2v) is 6.58. The average Bonchev–Trinajstić information content (AvgIpc) is 3.20. The largest absolute Gasteiger partial charge is 0.452 e. The number of nitro groups is 2. The van der Waals surface area contributed by atoms with Gasteiger partial charge in [-0.2, -0.15) is 0 Å². The van der Waals surface area contributed by atoms with Crippen molar-refractivity contribution in [2.75, 3.05) is 7.11 Å². The molecule has 1 heterocycles. The molecule has 0 aliphatic heterocycles. The molecule has 0 atom stereocenters. The first-order valence-corrected chi connectivity index (χ1v) is 8.98. The molecule has 0 fully saturated rings. The molecule has 0 saturated carbocycles. The summed E-state index contributed by atoms with van der Waals surface area (Å²) in [7, 11) is 1.26. The van der Waals surface area contributed by atoms with Crippen LogP contribution in [-0.2, 0) is 4.74 Å². The summed E-state index contributed by atoms with van der Waals surface area (Å²) in [6.07, 6.45) is 0.732. The highest BCUT2D eigenvalue weighted by Gasteiger charge is 2.17. The number of ether oxygens (including phenoxy) is 1. The van der Waals surface area contributed by atoms with Crippen LogP contribution in [0.4, 0.5) is 16.2 Å². The molecule has 0 N–H and O–H groups in total. The van der Waals surface area contributed by atoms with Gasteiger partial charge in [0.05, 0.1) is 28.0 Å². The molecular weight excluding hydrogens is 404 g/mol. The molecule has 10 heteroatoms. The fraction of sp³-hybridized carbons (Fsp3) is 0.0476. The highest BCUT2D eigenvalue weighted by molar-refractivity contribution is 5.96. The van der Waals surface area contributed by atoms with Crippen LogP contribution in [0.25, 0.3) is 33.3 Å². The van der Waals surface area contributed by atoms with Gasteiger partial charge in [-0.3, -0.25) is 20.2 Å². The van der Waals surface area contributed by atoms with Gasteiger partial charge >= 0.3 is 6.09 Å². The van der Waals surface area contributed by atoms with E-state index in [1.807, 2.05) is 0 Å². The fourth-order valence-electron chi connectivity index (χ4n) is 3.30. The van der Waals surface area contributed by atoms with Crippen molar-refractivity contribution in [2.45, 2.75) is 0 Å². The average molecular weight is 418 g/mol. The molecular formula is C21H14N4O6. The van der Waals surface area contributed by atoms with Crippen molar-refractivity contribution in [3.8, 4) is 22.3 Å². The third-order valence-electron chi connectivity index (χ3n) is 4.84. The van der Waals surface area contributed by atoms with Crippen LogP contribution in [0.5, 0.6) is 0 Å². The maximum absolute atomic E-state index is 12.1. The SMILES string of the molecule is COC(=O)n1cnc2cc(-c3ccc([N+](=O)[O-])cc3)c(-c3ccc([N+](=O)[O-])cc3)cc21. The van der Waals surface area contributed by atoms with E-state index >= 15 is 0 Å². The third kappa shape index (κ3) is 3.57. The number of nitro benzene ring substituents is 2. The Morgan fingerprint density at radius 3 is 1.81 bits per heavy atom. The summed E-state index contributed by atoms with van der Waals surface area (Å²) in [5.74, 6) is 0. The van der Waals surface area contributed by atoms with Gasteiger partial charge in [0.2, 0.25) is 0 Å². The van der Waals surface area contributed by atoms with Gasteiger partial charge in [0.1, 0.15) is 6.33 Å². The van der Waals surface area contributed by atoms with Crippen molar-refractivity contribution < 1.29 is 19.4 Å². The zero-order valence-corrected chi connectivity index (χ0v) is 16.1. The Morgan fingerprint density at radius 2 is 1.35 bits per heavy atom. The minimum Gasteiger partial charge on any atom is -0.452 e. The summed E-state index contributed by atoms with van der Waals surface area (Å²) >= 11 is 0. The molecule has 3 aromatic carbocycles. The van der Waals surface area contributed by atoms with E-state index in [4.69, 9.17) is 4.74 Å². The van der Waals surface area contributed by atoms with Crippen LogP contribution in [-0.4, -0.2) is 32.6 Å². The summed E-state index contributed by atoms with van der Waals surface area (Å²) in [6, 6.07) is 15.5. The topological polar surface area (TPSA) is 130 Å². The first-order chi connectivity index (χ1) is 14.9. The van der Waals surface area contributed by atoms with Crippen molar-refractivity contribution in [2.24, 2.45) is 0 Å². The number of imidazole rings is 1. The lowest BCUT2D eigenvalue weighted by Crippen LogP contribution is -2.09. The first kappa shape index (κ1) is 19.7. The normalized spacial score (nSPS) is 10.7. The summed E-state index contributed by atoms with van der Waals surface area (Å²) in [4.78, 5) is 37.3. The summed E-state index contributed by atoms with van der Waals surface area (Å²) in [5, 5.41) is 22.0. The second-order valence-electron chi connectivity index (χ2n) is 6.58. The van der Waals surface area contributed by atoms with E-state index in [-0.39, 0.29) is 11.4 Å². The van der Waals surface area contributed by atoms with E-state index < -0.39 is 15.9 Å². The minimum absolute atomic E-state index is 0.0447. The zero-order valence-electron chi connectivity index (χ0n) is 16.1. The number of aromatic nitrogens is 2. The number of nitrogens with zero attached hydrogens (tertiary/aromatic N) is 4. The van der Waals surface area contributed by atoms with Gasteiger partial charge in [0.25, 0.3) is 11.4 Å². The number of non-ortho nitro benzene ring substituents is 2. The summed E-state index contributed by atoms with van der Waals surface area (Å²) in [5.41, 5.74) is 3.63. The number of methoxy groups -OCH3 is 1. The van der Waals surface area contributed by atoms with Gasteiger partial charge in [-0.1, -0.05) is 0 Å². The van der Waals surface area contributed by atoms with Gasteiger partial charge in [-0.15, -0.1) is 0 Å². The van der Waals surface area contributed by atoms with Gasteiger partial charge in [-0.05, 0) is 58.7 Å². The Bertz CT molecular complexity index is 1330. The molecule has 0 amide bonds. The molecule has 0 aliphatic carbocycles. The van der Waals surface area contributed by atoms with Crippen molar-refractivity contribution in [3.05, 3.63) is 87.2 Å². The standard InChI is InChI=1S/C21H14N4O6/c1-31-21(26)23-12-22-19-10-17(13-2-6-15(7-3-13)24(27)28)18(11-20(19)23)14-4-8-16(9-5-14)25(29)30/h2-12H,1H3. The predicted molar refractivity (Wildman–Crippen MR) is 112 cm³/mol. The molecule has 154 valence electrons. The molecule has 10 nitrogen and oxygen atoms in total. The Balaban J connectivity index is 1.94. The lowest BCUT2D eigenvalue weighted by Gasteiger charge is -2.12. The van der Waals surface area contributed by atoms with Crippen LogP contribution in [0.1, 0.15) is 0 Å². The van der Waals surface area contributed by atoms with Crippen LogP contribution in [0, 0.1) is 20.2 Å². The number of benzene rings is 3. The highest BCUT2D eigenvalue weighted by Crippen LogP contribution is 2.36. The Kier molecular flexibility index (Phi) is 4.88. The quantitative estimate of drug-likeness (QED) is 0.343. The minimum atomic E-state index is -0.611. The van der Waals surface area contributed by atoms with Crippen LogP contribution in [0.3, 0.4) is 0 Å². The maximum atomic E-state index is 12.1. The van der Waals surface area contributed by atoms with Gasteiger partial charge < -0.3 is 4.74 Å². The Morgan fingerprint density at radius 1 is 0.871 bits per heavy atom.